The van der Waals surface area contributed by atoms with Crippen molar-refractivity contribution in [1.29, 1.82) is 0 Å². The van der Waals surface area contributed by atoms with Gasteiger partial charge < -0.3 is 19.1 Å². The smallest absolute Gasteiger partial charge is 0.339 e. The molecule has 0 aliphatic heterocycles. The molecule has 0 N–H and O–H groups in total. The fraction of sp³-hybridized carbons (Fsp3) is 0.238. The molecule has 5 nitrogen and oxygen atoms in total. The van der Waals surface area contributed by atoms with Gasteiger partial charge in [-0.25, -0.2) is 4.79 Å². The Balaban J connectivity index is 1.90. The fourth-order valence-corrected chi connectivity index (χ4v) is 3.61. The summed E-state index contributed by atoms with van der Waals surface area (Å²) in [5.41, 5.74) is 2.99. The van der Waals surface area contributed by atoms with Crippen LogP contribution < -0.4 is 15.5 Å². The highest BCUT2D eigenvalue weighted by molar-refractivity contribution is 5.89. The fourth-order valence-electron chi connectivity index (χ4n) is 3.61. The first-order chi connectivity index (χ1) is 12.5. The van der Waals surface area contributed by atoms with Crippen molar-refractivity contribution in [3.05, 3.63) is 75.1 Å². The summed E-state index contributed by atoms with van der Waals surface area (Å²) in [4.78, 5) is 23.9. The number of carboxylic acids is 1. The highest BCUT2D eigenvalue weighted by Crippen LogP contribution is 2.37. The molecule has 1 aliphatic rings. The second-order valence-corrected chi connectivity index (χ2v) is 6.56. The van der Waals surface area contributed by atoms with Gasteiger partial charge in [0.1, 0.15) is 11.3 Å². The monoisotopic (exact) mass is 349 g/mol. The molecule has 2 aromatic carbocycles. The maximum Gasteiger partial charge on any atom is 0.339 e. The minimum absolute atomic E-state index is 0.318. The SMILES string of the molecule is Cc1cc(O[C@H](C(=O)[O-])c2ccccc2)c2c3c(c(=O)oc2c1)CCC3. The third-order valence-electron chi connectivity index (χ3n) is 4.74. The largest absolute Gasteiger partial charge is 0.546 e. The lowest BCUT2D eigenvalue weighted by Gasteiger charge is -2.22. The third kappa shape index (κ3) is 2.75. The van der Waals surface area contributed by atoms with E-state index in [1.807, 2.05) is 6.92 Å². The Hall–Kier alpha value is -3.08. The quantitative estimate of drug-likeness (QED) is 0.676. The van der Waals surface area contributed by atoms with Crippen LogP contribution in [0.3, 0.4) is 0 Å². The second kappa shape index (κ2) is 6.33. The van der Waals surface area contributed by atoms with Crippen LogP contribution in [0, 0.1) is 6.92 Å². The Bertz CT molecular complexity index is 1050. The molecular formula is C21H17O5-. The van der Waals surface area contributed by atoms with Crippen molar-refractivity contribution >= 4 is 16.9 Å². The highest BCUT2D eigenvalue weighted by atomic mass is 16.5. The van der Waals surface area contributed by atoms with E-state index in [0.29, 0.717) is 34.3 Å². The standard InChI is InChI=1S/C21H18O5/c1-12-10-16(25-19(20(22)23)13-6-3-2-4-7-13)18-14-8-5-9-15(14)21(24)26-17(18)11-12/h2-4,6-7,10-11,19H,5,8-9H2,1H3,(H,22,23)/p-1/t19-/m0/s1. The lowest BCUT2D eigenvalue weighted by molar-refractivity contribution is -0.314. The number of carboxylic acid groups (broad SMARTS) is 1. The van der Waals surface area contributed by atoms with Gasteiger partial charge in [0.2, 0.25) is 0 Å². The summed E-state index contributed by atoms with van der Waals surface area (Å²) in [6.07, 6.45) is 1.04. The molecule has 0 radical (unpaired) electrons. The maximum atomic E-state index is 12.2. The molecule has 132 valence electrons. The average molecular weight is 349 g/mol. The third-order valence-corrected chi connectivity index (χ3v) is 4.74. The van der Waals surface area contributed by atoms with Crippen LogP contribution in [0.5, 0.6) is 5.75 Å². The van der Waals surface area contributed by atoms with Crippen molar-refractivity contribution in [1.82, 2.24) is 0 Å². The van der Waals surface area contributed by atoms with Gasteiger partial charge in [-0.1, -0.05) is 30.3 Å². The van der Waals surface area contributed by atoms with Gasteiger partial charge in [0.05, 0.1) is 11.4 Å². The van der Waals surface area contributed by atoms with Crippen LogP contribution in [-0.2, 0) is 17.6 Å². The van der Waals surface area contributed by atoms with Gasteiger partial charge in [-0.2, -0.15) is 0 Å². The molecule has 1 atom stereocenters. The van der Waals surface area contributed by atoms with Crippen LogP contribution in [0.25, 0.3) is 11.0 Å². The average Bonchev–Trinajstić information content (AvgIpc) is 3.10. The maximum absolute atomic E-state index is 12.2. The summed E-state index contributed by atoms with van der Waals surface area (Å²) in [5.74, 6) is -0.917. The van der Waals surface area contributed by atoms with E-state index in [4.69, 9.17) is 9.15 Å². The Morgan fingerprint density at radius 3 is 2.62 bits per heavy atom. The summed E-state index contributed by atoms with van der Waals surface area (Å²) in [6, 6.07) is 12.2. The lowest BCUT2D eigenvalue weighted by Crippen LogP contribution is -2.33. The first kappa shape index (κ1) is 16.4. The Kier molecular flexibility index (Phi) is 3.99. The predicted molar refractivity (Wildman–Crippen MR) is 94.1 cm³/mol. The Labute approximate surface area is 149 Å². The summed E-state index contributed by atoms with van der Waals surface area (Å²) in [7, 11) is 0. The van der Waals surface area contributed by atoms with Crippen LogP contribution in [0.2, 0.25) is 0 Å². The number of ether oxygens (including phenoxy) is 1. The van der Waals surface area contributed by atoms with Crippen molar-refractivity contribution in [2.24, 2.45) is 0 Å². The molecule has 0 saturated carbocycles. The summed E-state index contributed by atoms with van der Waals surface area (Å²) in [6.45, 7) is 1.84. The molecule has 1 aromatic heterocycles. The number of hydrogen-bond acceptors (Lipinski definition) is 5. The van der Waals surface area contributed by atoms with E-state index in [1.165, 1.54) is 0 Å². The van der Waals surface area contributed by atoms with Crippen LogP contribution in [-0.4, -0.2) is 5.97 Å². The van der Waals surface area contributed by atoms with E-state index in [-0.39, 0.29) is 5.63 Å². The zero-order valence-corrected chi connectivity index (χ0v) is 14.3. The number of rotatable bonds is 4. The molecule has 1 heterocycles. The molecule has 0 unspecified atom stereocenters. The van der Waals surface area contributed by atoms with Gasteiger partial charge >= 0.3 is 5.63 Å². The summed E-state index contributed by atoms with van der Waals surface area (Å²) in [5, 5.41) is 12.4. The van der Waals surface area contributed by atoms with Crippen molar-refractivity contribution in [2.75, 3.05) is 0 Å². The van der Waals surface area contributed by atoms with E-state index >= 15 is 0 Å². The number of carbonyl (C=O) groups excluding carboxylic acids is 1. The van der Waals surface area contributed by atoms with Crippen molar-refractivity contribution in [3.63, 3.8) is 0 Å². The molecule has 1 aliphatic carbocycles. The van der Waals surface area contributed by atoms with Gasteiger partial charge in [0, 0.05) is 5.56 Å². The molecule has 26 heavy (non-hydrogen) atoms. The van der Waals surface area contributed by atoms with Crippen LogP contribution in [0.4, 0.5) is 0 Å². The minimum atomic E-state index is -1.32. The van der Waals surface area contributed by atoms with Crippen molar-refractivity contribution in [2.45, 2.75) is 32.3 Å². The topological polar surface area (TPSA) is 79.6 Å². The van der Waals surface area contributed by atoms with E-state index < -0.39 is 12.1 Å². The molecule has 0 spiro atoms. The molecule has 0 saturated heterocycles. The molecule has 0 amide bonds. The Morgan fingerprint density at radius 2 is 1.88 bits per heavy atom. The summed E-state index contributed by atoms with van der Waals surface area (Å²) >= 11 is 0. The van der Waals surface area contributed by atoms with E-state index in [0.717, 1.165) is 24.0 Å². The molecule has 0 fully saturated rings. The first-order valence-corrected chi connectivity index (χ1v) is 8.56. The zero-order valence-electron chi connectivity index (χ0n) is 14.3. The van der Waals surface area contributed by atoms with Gasteiger partial charge in [-0.15, -0.1) is 0 Å². The van der Waals surface area contributed by atoms with Gasteiger partial charge in [0.15, 0.2) is 6.10 Å². The minimum Gasteiger partial charge on any atom is -0.546 e. The van der Waals surface area contributed by atoms with Crippen molar-refractivity contribution < 1.29 is 19.1 Å². The van der Waals surface area contributed by atoms with Crippen LogP contribution in [0.15, 0.2) is 51.7 Å². The highest BCUT2D eigenvalue weighted by Gasteiger charge is 2.24. The number of aryl methyl sites for hydroxylation is 2. The first-order valence-electron chi connectivity index (χ1n) is 8.56. The van der Waals surface area contributed by atoms with Crippen molar-refractivity contribution in [3.8, 4) is 5.75 Å². The van der Waals surface area contributed by atoms with E-state index in [2.05, 4.69) is 0 Å². The molecule has 3 aromatic rings. The number of hydrogen-bond donors (Lipinski definition) is 0. The van der Waals surface area contributed by atoms with Gasteiger partial charge in [0.25, 0.3) is 0 Å². The van der Waals surface area contributed by atoms with Gasteiger partial charge in [-0.3, -0.25) is 0 Å². The summed E-state index contributed by atoms with van der Waals surface area (Å²) < 4.78 is 11.4. The zero-order chi connectivity index (χ0) is 18.3. The van der Waals surface area contributed by atoms with Crippen LogP contribution >= 0.6 is 0 Å². The molecular weight excluding hydrogens is 332 g/mol. The van der Waals surface area contributed by atoms with E-state index in [1.54, 1.807) is 42.5 Å². The molecule has 0 bridgehead atoms. The number of aliphatic carboxylic acids is 1. The molecule has 5 heteroatoms. The number of fused-ring (bicyclic) bond motifs is 3. The lowest BCUT2D eigenvalue weighted by atomic mass is 10.0. The predicted octanol–water partition coefficient (Wildman–Crippen LogP) is 2.46. The second-order valence-electron chi connectivity index (χ2n) is 6.56. The normalized spacial score (nSPS) is 14.2. The number of benzene rings is 2. The molecule has 4 rings (SSSR count). The van der Waals surface area contributed by atoms with Crippen LogP contribution in [0.1, 0.15) is 34.8 Å². The Morgan fingerprint density at radius 1 is 1.15 bits per heavy atom. The van der Waals surface area contributed by atoms with Gasteiger partial charge in [-0.05, 0) is 55.0 Å². The number of carbonyl (C=O) groups is 1. The van der Waals surface area contributed by atoms with E-state index in [9.17, 15) is 14.7 Å².